The van der Waals surface area contributed by atoms with Crippen LogP contribution in [0.25, 0.3) is 0 Å². The molecule has 0 aromatic heterocycles. The van der Waals surface area contributed by atoms with Crippen molar-refractivity contribution in [1.82, 2.24) is 14.7 Å². The predicted molar refractivity (Wildman–Crippen MR) is 112 cm³/mol. The highest BCUT2D eigenvalue weighted by Crippen LogP contribution is 2.16. The smallest absolute Gasteiger partial charge is 0.239 e. The molecule has 156 valence electrons. The molecule has 0 radical (unpaired) electrons. The number of carbonyl (C=O) groups excluding carboxylic acids is 1. The van der Waals surface area contributed by atoms with Crippen LogP contribution in [0.15, 0.2) is 48.5 Å². The number of ether oxygens (including phenoxy) is 1. The van der Waals surface area contributed by atoms with E-state index in [0.717, 1.165) is 44.0 Å². The minimum Gasteiger partial charge on any atom is -0.497 e. The Balaban J connectivity index is 1.48. The van der Waals surface area contributed by atoms with Gasteiger partial charge >= 0.3 is 0 Å². The molecule has 1 fully saturated rings. The summed E-state index contributed by atoms with van der Waals surface area (Å²) < 4.78 is 18.6. The third-order valence-electron chi connectivity index (χ3n) is 5.56. The molecule has 2 aromatic rings. The van der Waals surface area contributed by atoms with Crippen LogP contribution in [-0.2, 0) is 17.9 Å². The maximum atomic E-state index is 13.4. The van der Waals surface area contributed by atoms with Crippen LogP contribution in [0.4, 0.5) is 4.39 Å². The first-order chi connectivity index (χ1) is 14.0. The summed E-state index contributed by atoms with van der Waals surface area (Å²) in [6.07, 6.45) is 0. The van der Waals surface area contributed by atoms with Crippen molar-refractivity contribution in [2.75, 3.05) is 40.3 Å². The molecule has 5 nitrogen and oxygen atoms in total. The minimum absolute atomic E-state index is 0.0675. The summed E-state index contributed by atoms with van der Waals surface area (Å²) in [6.45, 7) is 6.85. The minimum atomic E-state index is -0.274. The second-order valence-corrected chi connectivity index (χ2v) is 7.66. The van der Waals surface area contributed by atoms with Gasteiger partial charge < -0.3 is 9.64 Å². The lowest BCUT2D eigenvalue weighted by molar-refractivity contribution is -0.136. The van der Waals surface area contributed by atoms with Gasteiger partial charge in [-0.1, -0.05) is 24.3 Å². The molecule has 29 heavy (non-hydrogen) atoms. The lowest BCUT2D eigenvalue weighted by Gasteiger charge is -2.38. The van der Waals surface area contributed by atoms with Crippen molar-refractivity contribution < 1.29 is 13.9 Å². The number of nitrogens with zero attached hydrogens (tertiary/aromatic N) is 3. The molecule has 1 aliphatic heterocycles. The second kappa shape index (κ2) is 9.85. The van der Waals surface area contributed by atoms with Crippen LogP contribution in [-0.4, -0.2) is 67.0 Å². The zero-order chi connectivity index (χ0) is 20.8. The van der Waals surface area contributed by atoms with Gasteiger partial charge in [0.15, 0.2) is 0 Å². The average Bonchev–Trinajstić information content (AvgIpc) is 2.74. The van der Waals surface area contributed by atoms with Gasteiger partial charge in [-0.05, 0) is 42.3 Å². The monoisotopic (exact) mass is 399 g/mol. The molecule has 1 heterocycles. The van der Waals surface area contributed by atoms with Gasteiger partial charge in [-0.2, -0.15) is 0 Å². The van der Waals surface area contributed by atoms with Crippen molar-refractivity contribution in [3.05, 3.63) is 65.5 Å². The van der Waals surface area contributed by atoms with Crippen molar-refractivity contribution in [3.63, 3.8) is 0 Å². The van der Waals surface area contributed by atoms with Crippen LogP contribution < -0.4 is 4.74 Å². The third kappa shape index (κ3) is 5.78. The Kier molecular flexibility index (Phi) is 7.23. The number of amides is 1. The van der Waals surface area contributed by atoms with Crippen molar-refractivity contribution in [3.8, 4) is 5.75 Å². The van der Waals surface area contributed by atoms with Gasteiger partial charge in [0.2, 0.25) is 5.91 Å². The van der Waals surface area contributed by atoms with Crippen molar-refractivity contribution in [2.24, 2.45) is 0 Å². The molecule has 0 N–H and O–H groups in total. The zero-order valence-electron chi connectivity index (χ0n) is 17.5. The maximum absolute atomic E-state index is 13.4. The van der Waals surface area contributed by atoms with Gasteiger partial charge in [0.1, 0.15) is 11.6 Å². The maximum Gasteiger partial charge on any atom is 0.239 e. The summed E-state index contributed by atoms with van der Waals surface area (Å²) >= 11 is 0. The topological polar surface area (TPSA) is 36.0 Å². The first-order valence-corrected chi connectivity index (χ1v) is 10.0. The molecule has 0 unspecified atom stereocenters. The Morgan fingerprint density at radius 1 is 1.10 bits per heavy atom. The van der Waals surface area contributed by atoms with E-state index in [9.17, 15) is 9.18 Å². The highest BCUT2D eigenvalue weighted by Gasteiger charge is 2.27. The van der Waals surface area contributed by atoms with Gasteiger partial charge in [-0.15, -0.1) is 0 Å². The first-order valence-electron chi connectivity index (χ1n) is 10.0. The molecule has 1 aliphatic rings. The Bertz CT molecular complexity index is 804. The molecule has 1 saturated heterocycles. The van der Waals surface area contributed by atoms with E-state index in [1.807, 2.05) is 25.1 Å². The highest BCUT2D eigenvalue weighted by atomic mass is 19.1. The molecule has 6 heteroatoms. The van der Waals surface area contributed by atoms with Crippen LogP contribution in [0.5, 0.6) is 5.75 Å². The molecule has 0 aliphatic carbocycles. The number of halogens is 1. The summed E-state index contributed by atoms with van der Waals surface area (Å²) in [5.41, 5.74) is 2.07. The Hall–Kier alpha value is -2.44. The average molecular weight is 400 g/mol. The molecule has 0 spiro atoms. The number of rotatable bonds is 7. The molecule has 1 atom stereocenters. The van der Waals surface area contributed by atoms with Crippen LogP contribution >= 0.6 is 0 Å². The number of piperazine rings is 1. The number of hydrogen-bond acceptors (Lipinski definition) is 4. The predicted octanol–water partition coefficient (Wildman–Crippen LogP) is 3.00. The van der Waals surface area contributed by atoms with Gasteiger partial charge in [0.25, 0.3) is 0 Å². The lowest BCUT2D eigenvalue weighted by atomic mass is 10.1. The summed E-state index contributed by atoms with van der Waals surface area (Å²) in [6, 6.07) is 14.4. The first kappa shape index (κ1) is 21.3. The molecular formula is C23H30FN3O2. The molecule has 2 aromatic carbocycles. The number of likely N-dealkylation sites (N-methyl/N-ethyl adjacent to an activating group) is 1. The van der Waals surface area contributed by atoms with Crippen molar-refractivity contribution in [2.45, 2.75) is 26.1 Å². The number of benzene rings is 2. The van der Waals surface area contributed by atoms with Gasteiger partial charge in [0, 0.05) is 46.3 Å². The summed E-state index contributed by atoms with van der Waals surface area (Å²) in [5, 5.41) is 0. The van der Waals surface area contributed by atoms with Gasteiger partial charge in [-0.3, -0.25) is 14.6 Å². The van der Waals surface area contributed by atoms with Gasteiger partial charge in [-0.25, -0.2) is 4.39 Å². The van der Waals surface area contributed by atoms with E-state index in [4.69, 9.17) is 4.74 Å². The Morgan fingerprint density at radius 2 is 1.79 bits per heavy atom. The molecule has 3 rings (SSSR count). The Morgan fingerprint density at radius 3 is 2.41 bits per heavy atom. The summed E-state index contributed by atoms with van der Waals surface area (Å²) in [4.78, 5) is 19.2. The van der Waals surface area contributed by atoms with E-state index in [-0.39, 0.29) is 17.8 Å². The number of hydrogen-bond donors (Lipinski definition) is 0. The molecule has 1 amide bonds. The molecule has 0 saturated carbocycles. The van der Waals surface area contributed by atoms with Crippen molar-refractivity contribution >= 4 is 5.91 Å². The van der Waals surface area contributed by atoms with E-state index >= 15 is 0 Å². The highest BCUT2D eigenvalue weighted by molar-refractivity contribution is 5.81. The van der Waals surface area contributed by atoms with Crippen LogP contribution in [0.1, 0.15) is 18.1 Å². The van der Waals surface area contributed by atoms with E-state index in [1.54, 1.807) is 25.1 Å². The quantitative estimate of drug-likeness (QED) is 0.717. The third-order valence-corrected chi connectivity index (χ3v) is 5.56. The van der Waals surface area contributed by atoms with Crippen LogP contribution in [0, 0.1) is 5.82 Å². The summed E-state index contributed by atoms with van der Waals surface area (Å²) in [7, 11) is 3.45. The van der Waals surface area contributed by atoms with Crippen LogP contribution in [0.2, 0.25) is 0 Å². The zero-order valence-corrected chi connectivity index (χ0v) is 17.5. The molecular weight excluding hydrogens is 369 g/mol. The van der Waals surface area contributed by atoms with E-state index < -0.39 is 0 Å². The Labute approximate surface area is 172 Å². The lowest BCUT2D eigenvalue weighted by Crippen LogP contribution is -2.53. The van der Waals surface area contributed by atoms with E-state index in [1.165, 1.54) is 17.7 Å². The number of methoxy groups -OCH3 is 1. The fraction of sp³-hybridized carbons (Fsp3) is 0.435. The molecule has 0 bridgehead atoms. The normalized spacial score (nSPS) is 16.4. The fourth-order valence-corrected chi connectivity index (χ4v) is 3.76. The summed E-state index contributed by atoms with van der Waals surface area (Å²) in [5.74, 6) is 0.663. The van der Waals surface area contributed by atoms with E-state index in [0.29, 0.717) is 6.54 Å². The standard InChI is InChI=1S/C23H30FN3O2/c1-18(23(28)25(2)16-20-5-4-6-21(24)15-20)27-13-11-26(12-14-27)17-19-7-9-22(29-3)10-8-19/h4-10,15,18H,11-14,16-17H2,1-3H3/t18-/m0/s1. The SMILES string of the molecule is COc1ccc(CN2CCN([C@@H](C)C(=O)N(C)Cc3cccc(F)c3)CC2)cc1. The number of carbonyl (C=O) groups is 1. The largest absolute Gasteiger partial charge is 0.497 e. The van der Waals surface area contributed by atoms with Crippen LogP contribution in [0.3, 0.4) is 0 Å². The van der Waals surface area contributed by atoms with E-state index in [2.05, 4.69) is 21.9 Å². The second-order valence-electron chi connectivity index (χ2n) is 7.66. The van der Waals surface area contributed by atoms with Gasteiger partial charge in [0.05, 0.1) is 13.2 Å². The fourth-order valence-electron chi connectivity index (χ4n) is 3.76. The van der Waals surface area contributed by atoms with Crippen molar-refractivity contribution in [1.29, 1.82) is 0 Å².